The summed E-state index contributed by atoms with van der Waals surface area (Å²) in [5, 5.41) is 13.2. The number of carboxylic acid groups (broad SMARTS) is 1. The minimum absolute atomic E-state index is 0.0771. The molecule has 2 heterocycles. The number of hydrogen-bond acceptors (Lipinski definition) is 5. The number of aryl methyl sites for hydroxylation is 3. The van der Waals surface area contributed by atoms with E-state index in [0.29, 0.717) is 42.5 Å². The number of carboxylic acids is 1. The Balaban J connectivity index is 1.64. The van der Waals surface area contributed by atoms with Gasteiger partial charge < -0.3 is 19.3 Å². The topological polar surface area (TPSA) is 110 Å². The second-order valence-corrected chi connectivity index (χ2v) is 8.88. The average Bonchev–Trinajstić information content (AvgIpc) is 3.16. The predicted octanol–water partition coefficient (Wildman–Crippen LogP) is 5.44. The van der Waals surface area contributed by atoms with Crippen molar-refractivity contribution in [3.05, 3.63) is 69.3 Å². The Morgan fingerprint density at radius 3 is 2.34 bits per heavy atom. The molecule has 2 N–H and O–H groups in total. The number of aliphatic carboxylic acids is 1. The zero-order valence-electron chi connectivity index (χ0n) is 20.2. The third kappa shape index (κ3) is 4.99. The van der Waals surface area contributed by atoms with Gasteiger partial charge in [-0.1, -0.05) is 36.8 Å². The lowest BCUT2D eigenvalue weighted by Gasteiger charge is -2.11. The molecule has 0 radical (unpaired) electrons. The van der Waals surface area contributed by atoms with Gasteiger partial charge in [-0.25, -0.2) is 4.79 Å². The van der Waals surface area contributed by atoms with Crippen molar-refractivity contribution in [1.82, 2.24) is 5.32 Å². The molecule has 4 rings (SSSR count). The molecule has 4 aromatic rings. The monoisotopic (exact) mass is 475 g/mol. The first-order valence-electron chi connectivity index (χ1n) is 11.8. The van der Waals surface area contributed by atoms with Crippen molar-refractivity contribution >= 4 is 33.8 Å². The summed E-state index contributed by atoms with van der Waals surface area (Å²) in [7, 11) is 0. The van der Waals surface area contributed by atoms with E-state index in [1.54, 1.807) is 0 Å². The first kappa shape index (κ1) is 24.3. The van der Waals surface area contributed by atoms with Crippen molar-refractivity contribution in [2.45, 2.75) is 52.9 Å². The molecule has 182 valence electrons. The van der Waals surface area contributed by atoms with Crippen molar-refractivity contribution in [1.29, 1.82) is 0 Å². The normalized spacial score (nSPS) is 11.3. The molecule has 0 aliphatic rings. The molecule has 0 atom stereocenters. The standard InChI is InChI=1S/C28H29NO6/c1-16-20-14-22-25(19-10-6-4-7-11-19)18(3)34-27(22)17(2)26(20)35-28(33)21(16)15-23(30)29-13-9-5-8-12-24(31)32/h4,6-7,10-11,14H,5,8-9,12-13,15H2,1-3H3,(H,29,30)(H,31,32). The molecule has 0 saturated carbocycles. The Kier molecular flexibility index (Phi) is 7.05. The van der Waals surface area contributed by atoms with Crippen LogP contribution < -0.4 is 10.9 Å². The van der Waals surface area contributed by atoms with Gasteiger partial charge in [0.15, 0.2) is 0 Å². The fourth-order valence-electron chi connectivity index (χ4n) is 4.57. The van der Waals surface area contributed by atoms with Gasteiger partial charge in [-0.2, -0.15) is 0 Å². The Labute approximate surface area is 202 Å². The SMILES string of the molecule is Cc1oc2c(C)c3oc(=O)c(CC(=O)NCCCCCC(=O)O)c(C)c3cc2c1-c1ccccc1. The molecular weight excluding hydrogens is 446 g/mol. The Morgan fingerprint density at radius 1 is 0.914 bits per heavy atom. The zero-order chi connectivity index (χ0) is 25.1. The number of nitrogens with one attached hydrogen (secondary N) is 1. The van der Waals surface area contributed by atoms with Crippen LogP contribution in [0.4, 0.5) is 0 Å². The highest BCUT2D eigenvalue weighted by atomic mass is 16.4. The molecule has 2 aromatic carbocycles. The van der Waals surface area contributed by atoms with Gasteiger partial charge in [0.25, 0.3) is 0 Å². The van der Waals surface area contributed by atoms with Crippen LogP contribution in [0.25, 0.3) is 33.1 Å². The fourth-order valence-corrected chi connectivity index (χ4v) is 4.57. The number of unbranched alkanes of at least 4 members (excludes halogenated alkanes) is 2. The number of furan rings is 1. The lowest BCUT2D eigenvalue weighted by Crippen LogP contribution is -2.28. The number of carbonyl (C=O) groups is 2. The molecule has 2 aromatic heterocycles. The van der Waals surface area contributed by atoms with Crippen LogP contribution in [0.2, 0.25) is 0 Å². The van der Waals surface area contributed by atoms with E-state index in [4.69, 9.17) is 13.9 Å². The van der Waals surface area contributed by atoms with Crippen molar-refractivity contribution in [2.24, 2.45) is 0 Å². The predicted molar refractivity (Wildman–Crippen MR) is 135 cm³/mol. The van der Waals surface area contributed by atoms with Crippen molar-refractivity contribution < 1.29 is 23.5 Å². The van der Waals surface area contributed by atoms with E-state index in [9.17, 15) is 14.4 Å². The van der Waals surface area contributed by atoms with E-state index in [2.05, 4.69) is 5.32 Å². The maximum Gasteiger partial charge on any atom is 0.340 e. The minimum Gasteiger partial charge on any atom is -0.481 e. The Bertz CT molecular complexity index is 1460. The van der Waals surface area contributed by atoms with Gasteiger partial charge in [0.05, 0.1) is 12.0 Å². The van der Waals surface area contributed by atoms with Crippen LogP contribution in [0, 0.1) is 20.8 Å². The number of fused-ring (bicyclic) bond motifs is 2. The lowest BCUT2D eigenvalue weighted by molar-refractivity contribution is -0.137. The van der Waals surface area contributed by atoms with E-state index < -0.39 is 11.6 Å². The molecule has 0 unspecified atom stereocenters. The molecule has 0 fully saturated rings. The van der Waals surface area contributed by atoms with E-state index >= 15 is 0 Å². The van der Waals surface area contributed by atoms with Crippen LogP contribution in [-0.4, -0.2) is 23.5 Å². The molecule has 7 heteroatoms. The zero-order valence-corrected chi connectivity index (χ0v) is 20.2. The second kappa shape index (κ2) is 10.2. The van der Waals surface area contributed by atoms with Crippen molar-refractivity contribution in [3.8, 4) is 11.1 Å². The first-order chi connectivity index (χ1) is 16.8. The molecule has 35 heavy (non-hydrogen) atoms. The molecule has 0 spiro atoms. The summed E-state index contributed by atoms with van der Waals surface area (Å²) in [6.07, 6.45) is 2.02. The highest BCUT2D eigenvalue weighted by molar-refractivity contribution is 6.06. The summed E-state index contributed by atoms with van der Waals surface area (Å²) in [4.78, 5) is 35.9. The van der Waals surface area contributed by atoms with Gasteiger partial charge in [0.1, 0.15) is 16.9 Å². The maximum atomic E-state index is 12.8. The van der Waals surface area contributed by atoms with Crippen molar-refractivity contribution in [3.63, 3.8) is 0 Å². The summed E-state index contributed by atoms with van der Waals surface area (Å²) in [5.41, 5.74) is 4.47. The van der Waals surface area contributed by atoms with Gasteiger partial charge in [0.2, 0.25) is 5.91 Å². The Hall–Kier alpha value is -3.87. The smallest absolute Gasteiger partial charge is 0.340 e. The molecular formula is C28H29NO6. The van der Waals surface area contributed by atoms with E-state index in [1.807, 2.05) is 57.2 Å². The molecule has 1 amide bonds. The number of amides is 1. The Morgan fingerprint density at radius 2 is 1.63 bits per heavy atom. The van der Waals surface area contributed by atoms with Crippen LogP contribution in [0.3, 0.4) is 0 Å². The highest BCUT2D eigenvalue weighted by Gasteiger charge is 2.21. The van der Waals surface area contributed by atoms with Gasteiger partial charge in [0, 0.05) is 34.9 Å². The fraction of sp³-hybridized carbons (Fsp3) is 0.321. The van der Waals surface area contributed by atoms with Crippen LogP contribution >= 0.6 is 0 Å². The van der Waals surface area contributed by atoms with Crippen LogP contribution in [0.5, 0.6) is 0 Å². The lowest BCUT2D eigenvalue weighted by atomic mass is 9.96. The third-order valence-corrected chi connectivity index (χ3v) is 6.42. The van der Waals surface area contributed by atoms with E-state index in [1.165, 1.54) is 0 Å². The van der Waals surface area contributed by atoms with Crippen LogP contribution in [0.15, 0.2) is 50.0 Å². The third-order valence-electron chi connectivity index (χ3n) is 6.42. The number of rotatable bonds is 9. The molecule has 0 aliphatic carbocycles. The van der Waals surface area contributed by atoms with Gasteiger partial charge in [-0.15, -0.1) is 0 Å². The number of benzene rings is 2. The number of carbonyl (C=O) groups excluding carboxylic acids is 1. The molecule has 0 saturated heterocycles. The molecule has 7 nitrogen and oxygen atoms in total. The summed E-state index contributed by atoms with van der Waals surface area (Å²) >= 11 is 0. The van der Waals surface area contributed by atoms with E-state index in [0.717, 1.165) is 38.8 Å². The largest absolute Gasteiger partial charge is 0.481 e. The summed E-state index contributed by atoms with van der Waals surface area (Å²) in [6.45, 7) is 6.08. The highest BCUT2D eigenvalue weighted by Crippen LogP contribution is 2.39. The van der Waals surface area contributed by atoms with E-state index in [-0.39, 0.29) is 18.7 Å². The number of hydrogen-bond donors (Lipinski definition) is 2. The van der Waals surface area contributed by atoms with Gasteiger partial charge in [-0.05, 0) is 50.8 Å². The first-order valence-corrected chi connectivity index (χ1v) is 11.8. The summed E-state index contributed by atoms with van der Waals surface area (Å²) < 4.78 is 11.8. The quantitative estimate of drug-likeness (QED) is 0.247. The maximum absolute atomic E-state index is 12.8. The van der Waals surface area contributed by atoms with Gasteiger partial charge >= 0.3 is 11.6 Å². The van der Waals surface area contributed by atoms with Crippen LogP contribution in [-0.2, 0) is 16.0 Å². The summed E-state index contributed by atoms with van der Waals surface area (Å²) in [6, 6.07) is 12.0. The second-order valence-electron chi connectivity index (χ2n) is 8.88. The average molecular weight is 476 g/mol. The minimum atomic E-state index is -0.818. The van der Waals surface area contributed by atoms with Crippen molar-refractivity contribution in [2.75, 3.05) is 6.54 Å². The molecule has 0 bridgehead atoms. The van der Waals surface area contributed by atoms with Crippen LogP contribution in [0.1, 0.15) is 48.1 Å². The molecule has 0 aliphatic heterocycles. The van der Waals surface area contributed by atoms with Gasteiger partial charge in [-0.3, -0.25) is 9.59 Å². The summed E-state index contributed by atoms with van der Waals surface area (Å²) in [5.74, 6) is -0.297.